The van der Waals surface area contributed by atoms with Gasteiger partial charge in [-0.1, -0.05) is 57.6 Å². The molecule has 0 amide bonds. The molecule has 0 bridgehead atoms. The van der Waals surface area contributed by atoms with Gasteiger partial charge in [-0.05, 0) is 32.1 Å². The zero-order chi connectivity index (χ0) is 12.8. The van der Waals surface area contributed by atoms with Crippen molar-refractivity contribution in [2.75, 3.05) is 0 Å². The smallest absolute Gasteiger partial charge is 0.0414 e. The first kappa shape index (κ1) is 16.2. The van der Waals surface area contributed by atoms with Gasteiger partial charge in [-0.25, -0.2) is 0 Å². The predicted octanol–water partition coefficient (Wildman–Crippen LogP) is 3.60. The highest BCUT2D eigenvalue weighted by molar-refractivity contribution is 5.63. The maximum absolute atomic E-state index is 10.2. The Labute approximate surface area is 106 Å². The van der Waals surface area contributed by atoms with Gasteiger partial charge < -0.3 is 9.90 Å². The van der Waals surface area contributed by atoms with E-state index in [1.54, 1.807) is 0 Å². The van der Waals surface area contributed by atoms with Gasteiger partial charge in [0, 0.05) is 5.97 Å². The monoisotopic (exact) mass is 239 g/mol. The van der Waals surface area contributed by atoms with Crippen molar-refractivity contribution in [3.63, 3.8) is 0 Å². The standard InChI is InChI=1S/C15H28O2/c1-2-3-4-5-6-7-8-9-10-11-12-13-14-15(16)17/h5-6H,2-4,7-14H2,1H3,(H,16,17)/p-1/b6-5+. The molecular weight excluding hydrogens is 212 g/mol. The Kier molecular flexibility index (Phi) is 12.7. The molecular formula is C15H27O2-. The van der Waals surface area contributed by atoms with E-state index in [-0.39, 0.29) is 6.42 Å². The molecule has 0 saturated heterocycles. The molecule has 0 aliphatic carbocycles. The molecule has 0 atom stereocenters. The highest BCUT2D eigenvalue weighted by Crippen LogP contribution is 2.09. The Morgan fingerprint density at radius 2 is 1.41 bits per heavy atom. The molecule has 2 nitrogen and oxygen atoms in total. The number of hydrogen-bond acceptors (Lipinski definition) is 2. The second-order valence-electron chi connectivity index (χ2n) is 4.65. The quantitative estimate of drug-likeness (QED) is 0.385. The van der Waals surface area contributed by atoms with Crippen LogP contribution in [0.2, 0.25) is 0 Å². The molecule has 0 fully saturated rings. The summed E-state index contributed by atoms with van der Waals surface area (Å²) in [6.07, 6.45) is 16.5. The van der Waals surface area contributed by atoms with Crippen LogP contribution >= 0.6 is 0 Å². The van der Waals surface area contributed by atoms with E-state index in [2.05, 4.69) is 19.1 Å². The summed E-state index contributed by atoms with van der Waals surface area (Å²) in [4.78, 5) is 10.2. The highest BCUT2D eigenvalue weighted by atomic mass is 16.4. The first-order valence-corrected chi connectivity index (χ1v) is 7.12. The Morgan fingerprint density at radius 3 is 2.00 bits per heavy atom. The maximum atomic E-state index is 10.2. The van der Waals surface area contributed by atoms with Crippen molar-refractivity contribution in [3.8, 4) is 0 Å². The van der Waals surface area contributed by atoms with E-state index in [1.165, 1.54) is 44.9 Å². The van der Waals surface area contributed by atoms with E-state index in [9.17, 15) is 9.90 Å². The van der Waals surface area contributed by atoms with E-state index < -0.39 is 5.97 Å². The largest absolute Gasteiger partial charge is 0.550 e. The number of carboxylic acids is 1. The first-order valence-electron chi connectivity index (χ1n) is 7.12. The fraction of sp³-hybridized carbons (Fsp3) is 0.800. The predicted molar refractivity (Wildman–Crippen MR) is 70.6 cm³/mol. The van der Waals surface area contributed by atoms with Gasteiger partial charge in [0.15, 0.2) is 0 Å². The molecule has 0 aromatic carbocycles. The summed E-state index contributed by atoms with van der Waals surface area (Å²) in [6.45, 7) is 2.22. The number of aliphatic carboxylic acids is 1. The van der Waals surface area contributed by atoms with Gasteiger partial charge in [0.2, 0.25) is 0 Å². The number of hydrogen-bond donors (Lipinski definition) is 0. The lowest BCUT2D eigenvalue weighted by molar-refractivity contribution is -0.305. The van der Waals surface area contributed by atoms with Crippen molar-refractivity contribution < 1.29 is 9.90 Å². The van der Waals surface area contributed by atoms with Crippen LogP contribution in [0.3, 0.4) is 0 Å². The molecule has 2 heteroatoms. The zero-order valence-corrected chi connectivity index (χ0v) is 11.2. The molecule has 0 aliphatic heterocycles. The second-order valence-corrected chi connectivity index (χ2v) is 4.65. The topological polar surface area (TPSA) is 40.1 Å². The minimum absolute atomic E-state index is 0.222. The fourth-order valence-electron chi connectivity index (χ4n) is 1.80. The molecule has 17 heavy (non-hydrogen) atoms. The highest BCUT2D eigenvalue weighted by Gasteiger charge is 1.91. The lowest BCUT2D eigenvalue weighted by Crippen LogP contribution is -2.21. The molecule has 0 rings (SSSR count). The fourth-order valence-corrected chi connectivity index (χ4v) is 1.80. The first-order chi connectivity index (χ1) is 8.27. The number of unbranched alkanes of at least 4 members (excludes halogenated alkanes) is 8. The Bertz CT molecular complexity index is 197. The van der Waals surface area contributed by atoms with Crippen LogP contribution in [0.25, 0.3) is 0 Å². The summed E-state index contributed by atoms with van der Waals surface area (Å²) < 4.78 is 0. The summed E-state index contributed by atoms with van der Waals surface area (Å²) in [5.74, 6) is -0.915. The number of carbonyl (C=O) groups is 1. The molecule has 0 N–H and O–H groups in total. The maximum Gasteiger partial charge on any atom is 0.0414 e. The van der Waals surface area contributed by atoms with E-state index >= 15 is 0 Å². The van der Waals surface area contributed by atoms with E-state index in [1.807, 2.05) is 0 Å². The third-order valence-corrected chi connectivity index (χ3v) is 2.89. The summed E-state index contributed by atoms with van der Waals surface area (Å²) in [5.41, 5.74) is 0. The third-order valence-electron chi connectivity index (χ3n) is 2.89. The van der Waals surface area contributed by atoms with Gasteiger partial charge in [-0.15, -0.1) is 0 Å². The Hall–Kier alpha value is -0.790. The van der Waals surface area contributed by atoms with Crippen molar-refractivity contribution in [1.29, 1.82) is 0 Å². The molecule has 0 heterocycles. The SMILES string of the molecule is CCCC/C=C/CCCCCCCCC(=O)[O-]. The number of carbonyl (C=O) groups excluding carboxylic acids is 1. The van der Waals surface area contributed by atoms with Crippen LogP contribution in [-0.4, -0.2) is 5.97 Å². The van der Waals surface area contributed by atoms with Crippen LogP contribution in [0.15, 0.2) is 12.2 Å². The number of rotatable bonds is 12. The minimum Gasteiger partial charge on any atom is -0.550 e. The van der Waals surface area contributed by atoms with Crippen molar-refractivity contribution in [2.45, 2.75) is 77.6 Å². The van der Waals surface area contributed by atoms with Crippen LogP contribution in [0.5, 0.6) is 0 Å². The molecule has 100 valence electrons. The van der Waals surface area contributed by atoms with Crippen LogP contribution in [0.4, 0.5) is 0 Å². The zero-order valence-electron chi connectivity index (χ0n) is 11.2. The van der Waals surface area contributed by atoms with Gasteiger partial charge in [0.25, 0.3) is 0 Å². The van der Waals surface area contributed by atoms with E-state index in [4.69, 9.17) is 0 Å². The summed E-state index contributed by atoms with van der Waals surface area (Å²) >= 11 is 0. The Morgan fingerprint density at radius 1 is 0.882 bits per heavy atom. The average Bonchev–Trinajstić information content (AvgIpc) is 2.30. The second kappa shape index (κ2) is 13.3. The molecule has 0 aromatic heterocycles. The van der Waals surface area contributed by atoms with E-state index in [0.717, 1.165) is 19.3 Å². The molecule has 0 unspecified atom stereocenters. The van der Waals surface area contributed by atoms with Gasteiger partial charge in [0.1, 0.15) is 0 Å². The van der Waals surface area contributed by atoms with Crippen LogP contribution in [-0.2, 0) is 4.79 Å². The number of carboxylic acid groups (broad SMARTS) is 1. The van der Waals surface area contributed by atoms with Crippen molar-refractivity contribution in [1.82, 2.24) is 0 Å². The van der Waals surface area contributed by atoms with Crippen LogP contribution in [0.1, 0.15) is 77.6 Å². The van der Waals surface area contributed by atoms with Gasteiger partial charge in [-0.3, -0.25) is 0 Å². The average molecular weight is 239 g/mol. The molecule has 0 aromatic rings. The van der Waals surface area contributed by atoms with Gasteiger partial charge >= 0.3 is 0 Å². The normalized spacial score (nSPS) is 11.1. The van der Waals surface area contributed by atoms with Crippen molar-refractivity contribution >= 4 is 5.97 Å². The number of allylic oxidation sites excluding steroid dienone is 2. The van der Waals surface area contributed by atoms with Gasteiger partial charge in [0.05, 0.1) is 0 Å². The summed E-state index contributed by atoms with van der Waals surface area (Å²) in [6, 6.07) is 0. The van der Waals surface area contributed by atoms with Crippen LogP contribution in [0, 0.1) is 0 Å². The van der Waals surface area contributed by atoms with Crippen LogP contribution < -0.4 is 5.11 Å². The molecule has 0 saturated carbocycles. The van der Waals surface area contributed by atoms with Gasteiger partial charge in [-0.2, -0.15) is 0 Å². The van der Waals surface area contributed by atoms with Crippen molar-refractivity contribution in [2.24, 2.45) is 0 Å². The lowest BCUT2D eigenvalue weighted by Gasteiger charge is -2.02. The molecule has 0 radical (unpaired) electrons. The molecule has 0 aliphatic rings. The Balaban J connectivity index is 3.03. The lowest BCUT2D eigenvalue weighted by atomic mass is 10.1. The summed E-state index contributed by atoms with van der Waals surface area (Å²) in [7, 11) is 0. The van der Waals surface area contributed by atoms with E-state index in [0.29, 0.717) is 0 Å². The van der Waals surface area contributed by atoms with Crippen molar-refractivity contribution in [3.05, 3.63) is 12.2 Å². The molecule has 0 spiro atoms. The minimum atomic E-state index is -0.915. The summed E-state index contributed by atoms with van der Waals surface area (Å²) in [5, 5.41) is 10.2. The third kappa shape index (κ3) is 15.2.